The Hall–Kier alpha value is -3.57. The second-order valence-electron chi connectivity index (χ2n) is 6.84. The van der Waals surface area contributed by atoms with Gasteiger partial charge in [0.15, 0.2) is 11.5 Å². The van der Waals surface area contributed by atoms with Crippen LogP contribution in [-0.4, -0.2) is 46.4 Å². The Bertz CT molecular complexity index is 1300. The number of carbonyl (C=O) groups is 1. The van der Waals surface area contributed by atoms with Crippen molar-refractivity contribution in [3.63, 3.8) is 0 Å². The van der Waals surface area contributed by atoms with Crippen LogP contribution in [0.1, 0.15) is 5.56 Å². The Morgan fingerprint density at radius 2 is 1.71 bits per heavy atom. The standard InChI is InChI=1S/C23H22BrN3O6S/c1-32-20-11-7-6-10-19(20)27(34(30,31)17-8-4-3-5-9-17)15-22(28)26-25-14-16-12-18(24)23(29)21(13-16)33-2/h3-14,29H,15H2,1-2H3,(H,26,28)/b25-14-. The molecule has 0 unspecified atom stereocenters. The SMILES string of the molecule is COc1ccccc1N(CC(=O)N/N=C\c1cc(Br)c(O)c(OC)c1)S(=O)(=O)c1ccccc1. The number of phenols is 1. The number of sulfonamides is 1. The summed E-state index contributed by atoms with van der Waals surface area (Å²) in [6.45, 7) is -0.544. The molecule has 34 heavy (non-hydrogen) atoms. The number of para-hydroxylation sites is 2. The highest BCUT2D eigenvalue weighted by Gasteiger charge is 2.29. The van der Waals surface area contributed by atoms with Crippen LogP contribution in [0.5, 0.6) is 17.2 Å². The van der Waals surface area contributed by atoms with Crippen molar-refractivity contribution in [3.8, 4) is 17.2 Å². The van der Waals surface area contributed by atoms with Gasteiger partial charge in [-0.05, 0) is 57.9 Å². The monoisotopic (exact) mass is 547 g/mol. The van der Waals surface area contributed by atoms with Crippen LogP contribution < -0.4 is 19.2 Å². The smallest absolute Gasteiger partial charge is 0.264 e. The van der Waals surface area contributed by atoms with Gasteiger partial charge in [-0.25, -0.2) is 13.8 Å². The second kappa shape index (κ2) is 11.0. The normalized spacial score (nSPS) is 11.3. The minimum atomic E-state index is -4.09. The molecule has 0 atom stereocenters. The average Bonchev–Trinajstić information content (AvgIpc) is 2.85. The Kier molecular flexibility index (Phi) is 8.13. The zero-order valence-electron chi connectivity index (χ0n) is 18.3. The molecule has 2 N–H and O–H groups in total. The number of benzene rings is 3. The van der Waals surface area contributed by atoms with Crippen LogP contribution in [0, 0.1) is 0 Å². The maximum Gasteiger partial charge on any atom is 0.264 e. The number of methoxy groups -OCH3 is 2. The first-order valence-corrected chi connectivity index (χ1v) is 12.1. The van der Waals surface area contributed by atoms with Crippen LogP contribution in [0.15, 0.2) is 81.2 Å². The summed E-state index contributed by atoms with van der Waals surface area (Å²) in [7, 11) is -1.26. The Labute approximate surface area is 205 Å². The van der Waals surface area contributed by atoms with Crippen LogP contribution >= 0.6 is 15.9 Å². The molecule has 0 aliphatic carbocycles. The lowest BCUT2D eigenvalue weighted by atomic mass is 10.2. The number of hydrogen-bond acceptors (Lipinski definition) is 7. The van der Waals surface area contributed by atoms with E-state index in [4.69, 9.17) is 9.47 Å². The minimum Gasteiger partial charge on any atom is -0.503 e. The van der Waals surface area contributed by atoms with E-state index in [1.165, 1.54) is 38.6 Å². The zero-order chi connectivity index (χ0) is 24.7. The van der Waals surface area contributed by atoms with Crippen LogP contribution in [0.3, 0.4) is 0 Å². The Balaban J connectivity index is 1.86. The molecule has 3 aromatic carbocycles. The summed E-state index contributed by atoms with van der Waals surface area (Å²) in [6, 6.07) is 17.4. The predicted molar refractivity (Wildman–Crippen MR) is 132 cm³/mol. The summed E-state index contributed by atoms with van der Waals surface area (Å²) in [5.41, 5.74) is 3.07. The Morgan fingerprint density at radius 1 is 1.06 bits per heavy atom. The van der Waals surface area contributed by atoms with E-state index in [9.17, 15) is 18.3 Å². The molecule has 0 saturated carbocycles. The maximum absolute atomic E-state index is 13.4. The van der Waals surface area contributed by atoms with E-state index in [0.29, 0.717) is 15.8 Å². The van der Waals surface area contributed by atoms with Gasteiger partial charge in [0, 0.05) is 0 Å². The molecule has 0 bridgehead atoms. The average molecular weight is 548 g/mol. The second-order valence-corrected chi connectivity index (χ2v) is 9.56. The quantitative estimate of drug-likeness (QED) is 0.312. The number of amides is 1. The van der Waals surface area contributed by atoms with Gasteiger partial charge in [-0.3, -0.25) is 9.10 Å². The minimum absolute atomic E-state index is 0.0262. The van der Waals surface area contributed by atoms with E-state index < -0.39 is 22.5 Å². The fourth-order valence-electron chi connectivity index (χ4n) is 3.02. The highest BCUT2D eigenvalue weighted by molar-refractivity contribution is 9.10. The van der Waals surface area contributed by atoms with Crippen molar-refractivity contribution in [1.82, 2.24) is 5.43 Å². The molecule has 3 aromatic rings. The van der Waals surface area contributed by atoms with E-state index >= 15 is 0 Å². The zero-order valence-corrected chi connectivity index (χ0v) is 20.7. The molecule has 0 aliphatic rings. The number of carbonyl (C=O) groups excluding carboxylic acids is 1. The number of ether oxygens (including phenoxy) is 2. The van der Waals surface area contributed by atoms with Crippen molar-refractivity contribution in [1.29, 1.82) is 0 Å². The lowest BCUT2D eigenvalue weighted by molar-refractivity contribution is -0.119. The van der Waals surface area contributed by atoms with E-state index in [0.717, 1.165) is 4.31 Å². The van der Waals surface area contributed by atoms with Gasteiger partial charge >= 0.3 is 0 Å². The molecule has 0 fully saturated rings. The highest BCUT2D eigenvalue weighted by Crippen LogP contribution is 2.35. The first-order valence-electron chi connectivity index (χ1n) is 9.87. The molecule has 11 heteroatoms. The molecule has 178 valence electrons. The largest absolute Gasteiger partial charge is 0.503 e. The van der Waals surface area contributed by atoms with Gasteiger partial charge in [-0.1, -0.05) is 30.3 Å². The van der Waals surface area contributed by atoms with Crippen LogP contribution in [0.4, 0.5) is 5.69 Å². The van der Waals surface area contributed by atoms with E-state index in [1.807, 2.05) is 0 Å². The predicted octanol–water partition coefficient (Wildman–Crippen LogP) is 3.52. The molecule has 3 rings (SSSR count). The summed E-state index contributed by atoms with van der Waals surface area (Å²) in [6.07, 6.45) is 1.34. The Morgan fingerprint density at radius 3 is 2.38 bits per heavy atom. The number of hydrazone groups is 1. The van der Waals surface area contributed by atoms with E-state index in [1.54, 1.807) is 48.5 Å². The van der Waals surface area contributed by atoms with Gasteiger partial charge in [0.05, 0.1) is 35.5 Å². The number of nitrogens with one attached hydrogen (secondary N) is 1. The molecule has 1 amide bonds. The molecule has 0 saturated heterocycles. The number of phenolic OH excluding ortho intramolecular Hbond substituents is 1. The number of aromatic hydroxyl groups is 1. The number of rotatable bonds is 9. The van der Waals surface area contributed by atoms with Gasteiger partial charge in [-0.2, -0.15) is 5.10 Å². The van der Waals surface area contributed by atoms with E-state index in [2.05, 4.69) is 26.5 Å². The summed E-state index contributed by atoms with van der Waals surface area (Å²) in [5, 5.41) is 13.8. The number of halogens is 1. The molecule has 0 spiro atoms. The van der Waals surface area contributed by atoms with Crippen molar-refractivity contribution in [3.05, 3.63) is 76.8 Å². The summed E-state index contributed by atoms with van der Waals surface area (Å²) in [4.78, 5) is 12.7. The third kappa shape index (κ3) is 5.67. The van der Waals surface area contributed by atoms with Crippen molar-refractivity contribution in [2.75, 3.05) is 25.1 Å². The van der Waals surface area contributed by atoms with Crippen LogP contribution in [-0.2, 0) is 14.8 Å². The molecule has 0 aliphatic heterocycles. The van der Waals surface area contributed by atoms with Gasteiger partial charge in [0.25, 0.3) is 15.9 Å². The number of anilines is 1. The van der Waals surface area contributed by atoms with Gasteiger partial charge < -0.3 is 14.6 Å². The lowest BCUT2D eigenvalue weighted by Gasteiger charge is -2.25. The molecular formula is C23H22BrN3O6S. The van der Waals surface area contributed by atoms with Crippen molar-refractivity contribution >= 4 is 43.8 Å². The van der Waals surface area contributed by atoms with Crippen molar-refractivity contribution in [2.45, 2.75) is 4.90 Å². The summed E-state index contributed by atoms with van der Waals surface area (Å²) >= 11 is 3.21. The van der Waals surface area contributed by atoms with Crippen molar-refractivity contribution in [2.24, 2.45) is 5.10 Å². The number of hydrogen-bond donors (Lipinski definition) is 2. The van der Waals surface area contributed by atoms with Gasteiger partial charge in [0.2, 0.25) is 0 Å². The lowest BCUT2D eigenvalue weighted by Crippen LogP contribution is -2.39. The molecule has 0 heterocycles. The van der Waals surface area contributed by atoms with Crippen molar-refractivity contribution < 1.29 is 27.8 Å². The van der Waals surface area contributed by atoms with E-state index in [-0.39, 0.29) is 22.1 Å². The van der Waals surface area contributed by atoms with Crippen LogP contribution in [0.25, 0.3) is 0 Å². The molecule has 9 nitrogen and oxygen atoms in total. The maximum atomic E-state index is 13.4. The topological polar surface area (TPSA) is 118 Å². The van der Waals surface area contributed by atoms with Gasteiger partial charge in [0.1, 0.15) is 12.3 Å². The molecule has 0 aromatic heterocycles. The summed E-state index contributed by atoms with van der Waals surface area (Å²) < 4.78 is 38.5. The van der Waals surface area contributed by atoms with Crippen LogP contribution in [0.2, 0.25) is 0 Å². The molecule has 0 radical (unpaired) electrons. The first-order chi connectivity index (χ1) is 16.3. The summed E-state index contributed by atoms with van der Waals surface area (Å²) in [5.74, 6) is -0.230. The fraction of sp³-hybridized carbons (Fsp3) is 0.130. The fourth-order valence-corrected chi connectivity index (χ4v) is 4.94. The third-order valence-corrected chi connectivity index (χ3v) is 7.02. The highest BCUT2D eigenvalue weighted by atomic mass is 79.9. The third-order valence-electron chi connectivity index (χ3n) is 4.65. The number of nitrogens with zero attached hydrogens (tertiary/aromatic N) is 2. The molecular weight excluding hydrogens is 526 g/mol. The first kappa shape index (κ1) is 25.1. The van der Waals surface area contributed by atoms with Gasteiger partial charge in [-0.15, -0.1) is 0 Å².